The molecule has 2 aliphatic heterocycles. The molecule has 3 aromatic carbocycles. The molecule has 256 valence electrons. The topological polar surface area (TPSA) is 75.6 Å². The molecule has 0 radical (unpaired) electrons. The summed E-state index contributed by atoms with van der Waals surface area (Å²) >= 11 is 0. The molecule has 3 aromatic rings. The summed E-state index contributed by atoms with van der Waals surface area (Å²) in [5.74, 6) is 1.93. The Morgan fingerprint density at radius 1 is 0.638 bits per heavy atom. The second-order valence-electron chi connectivity index (χ2n) is 15.0. The Kier molecular flexibility index (Phi) is 11.2. The van der Waals surface area contributed by atoms with E-state index in [0.29, 0.717) is 26.4 Å². The quantitative estimate of drug-likeness (QED) is 0.210. The van der Waals surface area contributed by atoms with Gasteiger partial charge in [0.05, 0.1) is 39.6 Å². The number of phenolic OH excluding ortho intramolecular Hbond substituents is 1. The van der Waals surface area contributed by atoms with Gasteiger partial charge in [0, 0.05) is 46.2 Å². The molecule has 0 saturated carbocycles. The molecule has 0 amide bonds. The van der Waals surface area contributed by atoms with E-state index in [-0.39, 0.29) is 42.4 Å². The van der Waals surface area contributed by atoms with E-state index < -0.39 is 0 Å². The minimum atomic E-state index is -0.244. The van der Waals surface area contributed by atoms with Gasteiger partial charge in [-0.05, 0) is 46.2 Å². The van der Waals surface area contributed by atoms with Crippen LogP contribution in [-0.4, -0.2) is 17.7 Å². The van der Waals surface area contributed by atoms with Crippen molar-refractivity contribution in [3.05, 3.63) is 87.0 Å². The fourth-order valence-corrected chi connectivity index (χ4v) is 5.98. The minimum absolute atomic E-state index is 0.0267. The van der Waals surface area contributed by atoms with E-state index in [1.807, 2.05) is 18.2 Å². The zero-order valence-electron chi connectivity index (χ0n) is 29.7. The van der Waals surface area contributed by atoms with Crippen LogP contribution < -0.4 is 9.47 Å². The minimum Gasteiger partial charge on any atom is -0.507 e. The van der Waals surface area contributed by atoms with Crippen molar-refractivity contribution in [1.29, 1.82) is 0 Å². The molecular weight excluding hydrogens is 592 g/mol. The molecule has 0 saturated heterocycles. The number of para-hydroxylation sites is 1. The largest absolute Gasteiger partial charge is 0.507 e. The third-order valence-corrected chi connectivity index (χ3v) is 8.85. The highest BCUT2D eigenvalue weighted by atomic mass is 16.7. The van der Waals surface area contributed by atoms with Gasteiger partial charge in [0.1, 0.15) is 17.2 Å². The molecule has 2 atom stereocenters. The van der Waals surface area contributed by atoms with Crippen LogP contribution in [0.2, 0.25) is 0 Å². The maximum absolute atomic E-state index is 11.2. The van der Waals surface area contributed by atoms with Crippen LogP contribution in [0, 0.1) is 0 Å². The van der Waals surface area contributed by atoms with E-state index in [1.54, 1.807) is 0 Å². The average Bonchev–Trinajstić information content (AvgIpc) is 3.02. The van der Waals surface area contributed by atoms with Crippen LogP contribution in [0.3, 0.4) is 0 Å². The first-order chi connectivity index (χ1) is 22.4. The molecule has 0 aromatic heterocycles. The summed E-state index contributed by atoms with van der Waals surface area (Å²) in [5, 5.41) is 11.2. The van der Waals surface area contributed by atoms with E-state index in [2.05, 4.69) is 79.7 Å². The molecule has 5 rings (SSSR count). The molecular formula is C40H54O7. The third kappa shape index (κ3) is 8.69. The van der Waals surface area contributed by atoms with Gasteiger partial charge in [-0.1, -0.05) is 86.4 Å². The average molecular weight is 647 g/mol. The van der Waals surface area contributed by atoms with Gasteiger partial charge in [-0.2, -0.15) is 0 Å². The summed E-state index contributed by atoms with van der Waals surface area (Å²) in [4.78, 5) is 0. The van der Waals surface area contributed by atoms with Crippen LogP contribution in [0.5, 0.6) is 17.2 Å². The fourth-order valence-electron chi connectivity index (χ4n) is 5.98. The first kappa shape index (κ1) is 35.2. The van der Waals surface area contributed by atoms with Gasteiger partial charge < -0.3 is 33.5 Å². The predicted molar refractivity (Wildman–Crippen MR) is 184 cm³/mol. The van der Waals surface area contributed by atoms with Crippen molar-refractivity contribution in [2.24, 2.45) is 0 Å². The Labute approximate surface area is 281 Å². The first-order valence-corrected chi connectivity index (χ1v) is 17.2. The van der Waals surface area contributed by atoms with Gasteiger partial charge in [-0.25, -0.2) is 0 Å². The Bertz CT molecular complexity index is 1400. The maximum Gasteiger partial charge on any atom is 0.200 e. The van der Waals surface area contributed by atoms with Crippen molar-refractivity contribution < 1.29 is 33.5 Å². The van der Waals surface area contributed by atoms with Gasteiger partial charge in [0.2, 0.25) is 0 Å². The molecule has 0 fully saturated rings. The van der Waals surface area contributed by atoms with Crippen molar-refractivity contribution >= 4 is 0 Å². The molecule has 7 nitrogen and oxygen atoms in total. The number of benzene rings is 3. The molecule has 2 aliphatic rings. The van der Waals surface area contributed by atoms with E-state index in [9.17, 15) is 5.11 Å². The van der Waals surface area contributed by atoms with E-state index in [1.165, 1.54) is 11.1 Å². The van der Waals surface area contributed by atoms with Crippen molar-refractivity contribution in [2.45, 2.75) is 144 Å². The van der Waals surface area contributed by atoms with Gasteiger partial charge in [0.25, 0.3) is 0 Å². The lowest BCUT2D eigenvalue weighted by atomic mass is 9.84. The van der Waals surface area contributed by atoms with Gasteiger partial charge in [-0.15, -0.1) is 0 Å². The van der Waals surface area contributed by atoms with Crippen LogP contribution in [0.1, 0.15) is 126 Å². The summed E-state index contributed by atoms with van der Waals surface area (Å²) in [6.07, 6.45) is 3.17. The Hall–Kier alpha value is -3.10. The summed E-state index contributed by atoms with van der Waals surface area (Å²) in [6, 6.07) is 14.5. The van der Waals surface area contributed by atoms with Crippen LogP contribution in [0.25, 0.3) is 0 Å². The fraction of sp³-hybridized carbons (Fsp3) is 0.550. The summed E-state index contributed by atoms with van der Waals surface area (Å²) in [7, 11) is 0. The second kappa shape index (κ2) is 15.0. The Morgan fingerprint density at radius 3 is 1.43 bits per heavy atom. The molecule has 0 spiro atoms. The number of hydrogen-bond acceptors (Lipinski definition) is 7. The van der Waals surface area contributed by atoms with Crippen molar-refractivity contribution in [3.8, 4) is 17.2 Å². The van der Waals surface area contributed by atoms with Crippen LogP contribution in [-0.2, 0) is 69.4 Å². The van der Waals surface area contributed by atoms with Crippen LogP contribution >= 0.6 is 0 Å². The lowest BCUT2D eigenvalue weighted by Gasteiger charge is -2.30. The second-order valence-corrected chi connectivity index (χ2v) is 15.0. The highest BCUT2D eigenvalue weighted by Gasteiger charge is 2.27. The zero-order valence-corrected chi connectivity index (χ0v) is 29.7. The smallest absolute Gasteiger partial charge is 0.200 e. The zero-order chi connectivity index (χ0) is 33.8. The summed E-state index contributed by atoms with van der Waals surface area (Å²) < 4.78 is 37.0. The Morgan fingerprint density at radius 2 is 1.04 bits per heavy atom. The standard InChI is InChI=1S/C40H54O7/c1-9-12-34-44-24-30-18-32(39(3,4)5)16-28(37(30)46-34)22-42-20-26-14-11-15-27(36(26)41)21-43-23-29-17-33(40(6,7)8)19-31-25-45-35(13-10-2)47-38(29)31/h11,14-19,34-35,41H,9-10,12-13,20-25H2,1-8H3. The van der Waals surface area contributed by atoms with E-state index in [4.69, 9.17) is 28.4 Å². The Balaban J connectivity index is 1.26. The predicted octanol–water partition coefficient (Wildman–Crippen LogP) is 9.49. The van der Waals surface area contributed by atoms with Gasteiger partial charge >= 0.3 is 0 Å². The third-order valence-electron chi connectivity index (χ3n) is 8.85. The molecule has 1 N–H and O–H groups in total. The van der Waals surface area contributed by atoms with Crippen molar-refractivity contribution in [2.75, 3.05) is 0 Å². The van der Waals surface area contributed by atoms with E-state index in [0.717, 1.165) is 70.6 Å². The van der Waals surface area contributed by atoms with Crippen molar-refractivity contribution in [1.82, 2.24) is 0 Å². The van der Waals surface area contributed by atoms with Crippen LogP contribution in [0.4, 0.5) is 0 Å². The SMILES string of the molecule is CCCC1OCc2cc(C(C)(C)C)cc(COCc3cccc(COCc4cc(C(C)(C)C)cc5c4OC(CCC)OC5)c3O)c2O1. The number of rotatable bonds is 12. The highest BCUT2D eigenvalue weighted by Crippen LogP contribution is 2.38. The van der Waals surface area contributed by atoms with Crippen LogP contribution in [0.15, 0.2) is 42.5 Å². The number of fused-ring (bicyclic) bond motifs is 2. The summed E-state index contributed by atoms with van der Waals surface area (Å²) in [6.45, 7) is 19.8. The van der Waals surface area contributed by atoms with E-state index >= 15 is 0 Å². The van der Waals surface area contributed by atoms with Crippen molar-refractivity contribution in [3.63, 3.8) is 0 Å². The molecule has 2 heterocycles. The highest BCUT2D eigenvalue weighted by molar-refractivity contribution is 5.48. The normalized spacial score (nSPS) is 17.9. The number of aromatic hydroxyl groups is 1. The lowest BCUT2D eigenvalue weighted by Crippen LogP contribution is -2.27. The van der Waals surface area contributed by atoms with Gasteiger partial charge in [-0.3, -0.25) is 0 Å². The first-order valence-electron chi connectivity index (χ1n) is 17.2. The lowest BCUT2D eigenvalue weighted by molar-refractivity contribution is -0.113. The monoisotopic (exact) mass is 646 g/mol. The molecule has 7 heteroatoms. The number of hydrogen-bond donors (Lipinski definition) is 1. The number of ether oxygens (including phenoxy) is 6. The maximum atomic E-state index is 11.2. The molecule has 47 heavy (non-hydrogen) atoms. The molecule has 0 bridgehead atoms. The summed E-state index contributed by atoms with van der Waals surface area (Å²) in [5.41, 5.74) is 7.93. The molecule has 2 unspecified atom stereocenters. The number of phenols is 1. The van der Waals surface area contributed by atoms with Gasteiger partial charge in [0.15, 0.2) is 12.6 Å². The molecule has 0 aliphatic carbocycles.